The van der Waals surface area contributed by atoms with Crippen LogP contribution in [0, 0.1) is 0 Å². The highest BCUT2D eigenvalue weighted by molar-refractivity contribution is 7.98. The van der Waals surface area contributed by atoms with Crippen molar-refractivity contribution in [3.8, 4) is 0 Å². The molecule has 0 aliphatic carbocycles. The van der Waals surface area contributed by atoms with E-state index in [1.807, 2.05) is 12.3 Å². The molecule has 1 saturated heterocycles. The molecule has 1 unspecified atom stereocenters. The average molecular weight is 424 g/mol. The van der Waals surface area contributed by atoms with E-state index < -0.39 is 5.60 Å². The second-order valence-corrected chi connectivity index (χ2v) is 9.16. The second-order valence-electron chi connectivity index (χ2n) is 7.87. The van der Waals surface area contributed by atoms with Crippen molar-refractivity contribution in [1.82, 2.24) is 9.29 Å². The number of carbonyl (C=O) groups is 1. The standard InChI is InChI=1S/C22H37N3O3S/c1-3-5-7-18-9-10-20(24-17-18)22(27)11-13-25(14-12-22)29-19(21(23)26)8-6-16-28-15-4-2/h9-10,17,19,27H,3-8,11-16H2,1-2H3,(H2,23,26). The van der Waals surface area contributed by atoms with Gasteiger partial charge in [0.05, 0.1) is 10.9 Å². The van der Waals surface area contributed by atoms with Gasteiger partial charge in [-0.2, -0.15) is 0 Å². The summed E-state index contributed by atoms with van der Waals surface area (Å²) >= 11 is 1.52. The number of rotatable bonds is 13. The third kappa shape index (κ3) is 7.89. The maximum Gasteiger partial charge on any atom is 0.231 e. The van der Waals surface area contributed by atoms with E-state index in [1.165, 1.54) is 17.5 Å². The first-order valence-electron chi connectivity index (χ1n) is 10.9. The van der Waals surface area contributed by atoms with Crippen LogP contribution in [0.4, 0.5) is 0 Å². The highest BCUT2D eigenvalue weighted by Crippen LogP contribution is 2.35. The zero-order chi connectivity index (χ0) is 21.1. The quantitative estimate of drug-likeness (QED) is 0.373. The fourth-order valence-electron chi connectivity index (χ4n) is 3.49. The van der Waals surface area contributed by atoms with Crippen molar-refractivity contribution in [2.75, 3.05) is 26.3 Å². The maximum atomic E-state index is 11.8. The SMILES string of the molecule is CCCCc1ccc(C2(O)CCN(SC(CCCOCCC)C(N)=O)CC2)nc1. The Hall–Kier alpha value is -1.15. The van der Waals surface area contributed by atoms with Gasteiger partial charge >= 0.3 is 0 Å². The lowest BCUT2D eigenvalue weighted by atomic mass is 9.88. The van der Waals surface area contributed by atoms with Crippen molar-refractivity contribution >= 4 is 17.9 Å². The molecule has 0 radical (unpaired) electrons. The first-order chi connectivity index (χ1) is 14.0. The Kier molecular flexibility index (Phi) is 10.4. The minimum Gasteiger partial charge on any atom is -0.383 e. The summed E-state index contributed by atoms with van der Waals surface area (Å²) < 4.78 is 7.65. The Labute approximate surface area is 179 Å². The van der Waals surface area contributed by atoms with Crippen molar-refractivity contribution in [1.29, 1.82) is 0 Å². The number of amides is 1. The monoisotopic (exact) mass is 423 g/mol. The molecule has 6 nitrogen and oxygen atoms in total. The first kappa shape index (κ1) is 24.1. The van der Waals surface area contributed by atoms with Crippen molar-refractivity contribution in [2.24, 2.45) is 5.73 Å². The molecule has 1 fully saturated rings. The molecule has 0 spiro atoms. The number of hydrogen-bond acceptors (Lipinski definition) is 6. The Balaban J connectivity index is 1.82. The molecular formula is C22H37N3O3S. The topological polar surface area (TPSA) is 88.7 Å². The number of nitrogens with two attached hydrogens (primary N) is 1. The molecule has 0 bridgehead atoms. The summed E-state index contributed by atoms with van der Waals surface area (Å²) in [5.41, 5.74) is 6.68. The normalized spacial score (nSPS) is 17.9. The number of aryl methyl sites for hydroxylation is 1. The number of nitrogens with zero attached hydrogens (tertiary/aromatic N) is 2. The summed E-state index contributed by atoms with van der Waals surface area (Å²) in [4.78, 5) is 16.4. The zero-order valence-corrected chi connectivity index (χ0v) is 18.8. The van der Waals surface area contributed by atoms with Crippen LogP contribution in [0.15, 0.2) is 18.3 Å². The van der Waals surface area contributed by atoms with E-state index in [1.54, 1.807) is 0 Å². The van der Waals surface area contributed by atoms with Crippen LogP contribution >= 0.6 is 11.9 Å². The van der Waals surface area contributed by atoms with Gasteiger partial charge in [-0.1, -0.05) is 38.3 Å². The molecule has 1 aromatic rings. The van der Waals surface area contributed by atoms with E-state index >= 15 is 0 Å². The van der Waals surface area contributed by atoms with Gasteiger partial charge in [0.1, 0.15) is 5.60 Å². The lowest BCUT2D eigenvalue weighted by molar-refractivity contribution is -0.117. The smallest absolute Gasteiger partial charge is 0.231 e. The third-order valence-corrected chi connectivity index (χ3v) is 6.75. The van der Waals surface area contributed by atoms with Gasteiger partial charge in [0.2, 0.25) is 5.91 Å². The maximum absolute atomic E-state index is 11.8. The molecule has 1 atom stereocenters. The molecule has 0 saturated carbocycles. The predicted molar refractivity (Wildman–Crippen MR) is 118 cm³/mol. The van der Waals surface area contributed by atoms with Crippen LogP contribution in [0.25, 0.3) is 0 Å². The second kappa shape index (κ2) is 12.5. The van der Waals surface area contributed by atoms with E-state index in [2.05, 4.69) is 29.2 Å². The van der Waals surface area contributed by atoms with Gasteiger partial charge in [0.25, 0.3) is 0 Å². The van der Waals surface area contributed by atoms with Crippen LogP contribution in [0.1, 0.15) is 70.1 Å². The highest BCUT2D eigenvalue weighted by Gasteiger charge is 2.36. The number of ether oxygens (including phenoxy) is 1. The van der Waals surface area contributed by atoms with Crippen LogP contribution in [0.3, 0.4) is 0 Å². The van der Waals surface area contributed by atoms with E-state index in [0.717, 1.165) is 44.4 Å². The van der Waals surface area contributed by atoms with E-state index in [-0.39, 0.29) is 11.2 Å². The largest absolute Gasteiger partial charge is 0.383 e. The van der Waals surface area contributed by atoms with Crippen LogP contribution in [0.2, 0.25) is 0 Å². The average Bonchev–Trinajstić information content (AvgIpc) is 2.73. The van der Waals surface area contributed by atoms with Crippen molar-refractivity contribution in [3.63, 3.8) is 0 Å². The Morgan fingerprint density at radius 2 is 2.03 bits per heavy atom. The summed E-state index contributed by atoms with van der Waals surface area (Å²) in [6.07, 6.45) is 9.00. The zero-order valence-electron chi connectivity index (χ0n) is 17.9. The summed E-state index contributed by atoms with van der Waals surface area (Å²) in [6.45, 7) is 7.09. The number of aliphatic hydroxyl groups is 1. The minimum absolute atomic E-state index is 0.248. The fourth-order valence-corrected chi connectivity index (χ4v) is 4.62. The molecule has 7 heteroatoms. The molecule has 164 valence electrons. The van der Waals surface area contributed by atoms with Gasteiger partial charge in [-0.15, -0.1) is 0 Å². The van der Waals surface area contributed by atoms with Gasteiger partial charge < -0.3 is 15.6 Å². The summed E-state index contributed by atoms with van der Waals surface area (Å²) in [5.74, 6) is -0.282. The molecule has 3 N–H and O–H groups in total. The number of piperidine rings is 1. The van der Waals surface area contributed by atoms with Crippen LogP contribution in [-0.2, 0) is 21.6 Å². The Morgan fingerprint density at radius 3 is 2.62 bits per heavy atom. The van der Waals surface area contributed by atoms with Gasteiger partial charge in [-0.05, 0) is 56.6 Å². The fraction of sp³-hybridized carbons (Fsp3) is 0.727. The van der Waals surface area contributed by atoms with Crippen LogP contribution in [-0.4, -0.2) is 51.9 Å². The van der Waals surface area contributed by atoms with Crippen LogP contribution in [0.5, 0.6) is 0 Å². The van der Waals surface area contributed by atoms with Gasteiger partial charge in [-0.25, -0.2) is 4.31 Å². The predicted octanol–water partition coefficient (Wildman–Crippen LogP) is 3.42. The van der Waals surface area contributed by atoms with Gasteiger partial charge in [0, 0.05) is 32.5 Å². The number of primary amides is 1. The molecular weight excluding hydrogens is 386 g/mol. The summed E-state index contributed by atoms with van der Waals surface area (Å²) in [6, 6.07) is 4.05. The van der Waals surface area contributed by atoms with Gasteiger partial charge in [-0.3, -0.25) is 9.78 Å². The molecule has 1 amide bonds. The molecule has 2 heterocycles. The third-order valence-electron chi connectivity index (χ3n) is 5.37. The molecule has 1 aromatic heterocycles. The lowest BCUT2D eigenvalue weighted by Crippen LogP contribution is -2.42. The van der Waals surface area contributed by atoms with Crippen molar-refractivity contribution in [2.45, 2.75) is 76.1 Å². The van der Waals surface area contributed by atoms with E-state index in [0.29, 0.717) is 39.0 Å². The Bertz CT molecular complexity index is 604. The number of pyridine rings is 1. The minimum atomic E-state index is -0.892. The summed E-state index contributed by atoms with van der Waals surface area (Å²) in [7, 11) is 0. The Morgan fingerprint density at radius 1 is 1.28 bits per heavy atom. The molecule has 1 aliphatic rings. The number of hydrogen-bond donors (Lipinski definition) is 2. The molecule has 29 heavy (non-hydrogen) atoms. The van der Waals surface area contributed by atoms with Crippen LogP contribution < -0.4 is 5.73 Å². The molecule has 0 aromatic carbocycles. The van der Waals surface area contributed by atoms with E-state index in [9.17, 15) is 9.90 Å². The van der Waals surface area contributed by atoms with Crippen molar-refractivity contribution in [3.05, 3.63) is 29.6 Å². The van der Waals surface area contributed by atoms with E-state index in [4.69, 9.17) is 10.5 Å². The summed E-state index contributed by atoms with van der Waals surface area (Å²) in [5, 5.41) is 10.8. The van der Waals surface area contributed by atoms with Gasteiger partial charge in [0.15, 0.2) is 0 Å². The molecule has 2 rings (SSSR count). The van der Waals surface area contributed by atoms with Crippen molar-refractivity contribution < 1.29 is 14.6 Å². The number of aromatic nitrogens is 1. The first-order valence-corrected chi connectivity index (χ1v) is 11.8. The lowest BCUT2D eigenvalue weighted by Gasteiger charge is -2.38. The number of carbonyl (C=O) groups excluding carboxylic acids is 1. The highest BCUT2D eigenvalue weighted by atomic mass is 32.2. The molecule has 1 aliphatic heterocycles. The number of unbranched alkanes of at least 4 members (excludes halogenated alkanes) is 1.